The first-order valence-corrected chi connectivity index (χ1v) is 9.66. The highest BCUT2D eigenvalue weighted by molar-refractivity contribution is 9.10. The monoisotopic (exact) mass is 409 g/mol. The molecule has 0 aliphatic carbocycles. The number of halogens is 1. The largest absolute Gasteiger partial charge is 0.480 e. The molecule has 1 heterocycles. The fourth-order valence-electron chi connectivity index (χ4n) is 3.99. The van der Waals surface area contributed by atoms with Crippen LogP contribution in [0.5, 0.6) is 0 Å². The molecule has 0 aromatic heterocycles. The Hall–Kier alpha value is -2.17. The molecule has 4 heteroatoms. The van der Waals surface area contributed by atoms with E-state index >= 15 is 0 Å². The van der Waals surface area contributed by atoms with Crippen molar-refractivity contribution < 1.29 is 9.90 Å². The van der Waals surface area contributed by atoms with Gasteiger partial charge in [-0.15, -0.1) is 0 Å². The molecular formula is C22H20BrNO2. The van der Waals surface area contributed by atoms with Crippen LogP contribution in [0, 0.1) is 0 Å². The Morgan fingerprint density at radius 1 is 1.04 bits per heavy atom. The van der Waals surface area contributed by atoms with Gasteiger partial charge in [0.15, 0.2) is 0 Å². The molecule has 3 nitrogen and oxygen atoms in total. The van der Waals surface area contributed by atoms with Gasteiger partial charge in [0.25, 0.3) is 0 Å². The van der Waals surface area contributed by atoms with Crippen LogP contribution in [0.15, 0.2) is 71.2 Å². The molecule has 3 aromatic carbocycles. The molecule has 3 aromatic rings. The summed E-state index contributed by atoms with van der Waals surface area (Å²) in [6.45, 7) is 0.787. The van der Waals surface area contributed by atoms with E-state index in [1.54, 1.807) is 0 Å². The van der Waals surface area contributed by atoms with Crippen molar-refractivity contribution in [2.24, 2.45) is 0 Å². The molecule has 2 atom stereocenters. The fourth-order valence-corrected chi connectivity index (χ4v) is 4.49. The van der Waals surface area contributed by atoms with E-state index in [4.69, 9.17) is 0 Å². The summed E-state index contributed by atoms with van der Waals surface area (Å²) in [5.74, 6) is -0.736. The Labute approximate surface area is 161 Å². The van der Waals surface area contributed by atoms with E-state index in [1.807, 2.05) is 30.3 Å². The fraction of sp³-hybridized carbons (Fsp3) is 0.227. The number of aliphatic carboxylic acids is 1. The number of hydrogen-bond donors (Lipinski definition) is 1. The molecule has 1 aliphatic rings. The van der Waals surface area contributed by atoms with Gasteiger partial charge < -0.3 is 5.11 Å². The highest BCUT2D eigenvalue weighted by atomic mass is 79.9. The summed E-state index contributed by atoms with van der Waals surface area (Å²) in [5, 5.41) is 12.1. The van der Waals surface area contributed by atoms with Gasteiger partial charge in [-0.3, -0.25) is 9.69 Å². The van der Waals surface area contributed by atoms with Crippen LogP contribution in [0.25, 0.3) is 10.8 Å². The Bertz CT molecular complexity index is 956. The van der Waals surface area contributed by atoms with Crippen molar-refractivity contribution in [2.75, 3.05) is 6.54 Å². The van der Waals surface area contributed by atoms with Crippen molar-refractivity contribution in [3.8, 4) is 0 Å². The standard InChI is InChI=1S/C22H20BrNO2/c23-19-9-4-3-8-18(19)21(24-13-5-10-20(24)22(25)26)17-12-11-15-6-1-2-7-16(15)14-17/h1-4,6-9,11-12,14,20-21H,5,10,13H2,(H,25,26). The van der Waals surface area contributed by atoms with Gasteiger partial charge in [-0.05, 0) is 46.9 Å². The molecule has 1 aliphatic heterocycles. The van der Waals surface area contributed by atoms with Crippen molar-refractivity contribution >= 4 is 32.7 Å². The molecule has 26 heavy (non-hydrogen) atoms. The lowest BCUT2D eigenvalue weighted by Crippen LogP contribution is -2.39. The quantitative estimate of drug-likeness (QED) is 0.640. The average molecular weight is 410 g/mol. The number of fused-ring (bicyclic) bond motifs is 1. The first kappa shape index (κ1) is 17.3. The third-order valence-electron chi connectivity index (χ3n) is 5.20. The van der Waals surface area contributed by atoms with Crippen LogP contribution in [0.4, 0.5) is 0 Å². The van der Waals surface area contributed by atoms with Gasteiger partial charge in [0.1, 0.15) is 6.04 Å². The number of nitrogens with zero attached hydrogens (tertiary/aromatic N) is 1. The van der Waals surface area contributed by atoms with Crippen LogP contribution in [-0.4, -0.2) is 28.6 Å². The van der Waals surface area contributed by atoms with Crippen LogP contribution >= 0.6 is 15.9 Å². The maximum atomic E-state index is 11.8. The van der Waals surface area contributed by atoms with Crippen LogP contribution in [-0.2, 0) is 4.79 Å². The van der Waals surface area contributed by atoms with E-state index in [1.165, 1.54) is 10.8 Å². The van der Waals surface area contributed by atoms with Gasteiger partial charge in [-0.1, -0.05) is 70.5 Å². The number of carboxylic acids is 1. The summed E-state index contributed by atoms with van der Waals surface area (Å²) in [6, 6.07) is 22.3. The van der Waals surface area contributed by atoms with Gasteiger partial charge >= 0.3 is 5.97 Å². The smallest absolute Gasteiger partial charge is 0.320 e. The Morgan fingerprint density at radius 2 is 1.77 bits per heavy atom. The molecule has 0 saturated carbocycles. The Kier molecular flexibility index (Phi) is 4.79. The van der Waals surface area contributed by atoms with Crippen LogP contribution in [0.3, 0.4) is 0 Å². The molecule has 1 N–H and O–H groups in total. The normalized spacial score (nSPS) is 18.9. The molecule has 1 saturated heterocycles. The second-order valence-corrected chi connectivity index (χ2v) is 7.62. The molecular weight excluding hydrogens is 390 g/mol. The minimum absolute atomic E-state index is 0.0845. The lowest BCUT2D eigenvalue weighted by Gasteiger charge is -2.32. The Morgan fingerprint density at radius 3 is 2.54 bits per heavy atom. The summed E-state index contributed by atoms with van der Waals surface area (Å²) in [4.78, 5) is 14.0. The molecule has 0 radical (unpaired) electrons. The number of hydrogen-bond acceptors (Lipinski definition) is 2. The molecule has 0 spiro atoms. The minimum atomic E-state index is -0.736. The second kappa shape index (κ2) is 7.22. The van der Waals surface area contributed by atoms with E-state index in [9.17, 15) is 9.90 Å². The van der Waals surface area contributed by atoms with Crippen LogP contribution in [0.2, 0.25) is 0 Å². The lowest BCUT2D eigenvalue weighted by molar-refractivity contribution is -0.142. The number of likely N-dealkylation sites (tertiary alicyclic amines) is 1. The predicted octanol–water partition coefficient (Wildman–Crippen LogP) is 5.24. The first-order valence-electron chi connectivity index (χ1n) is 8.87. The molecule has 0 bridgehead atoms. The van der Waals surface area contributed by atoms with Crippen LogP contribution < -0.4 is 0 Å². The lowest BCUT2D eigenvalue weighted by atomic mass is 9.94. The van der Waals surface area contributed by atoms with Gasteiger partial charge in [0.2, 0.25) is 0 Å². The van der Waals surface area contributed by atoms with Gasteiger partial charge in [-0.2, -0.15) is 0 Å². The molecule has 132 valence electrons. The molecule has 4 rings (SSSR count). The summed E-state index contributed by atoms with van der Waals surface area (Å²) in [5.41, 5.74) is 2.24. The van der Waals surface area contributed by atoms with Gasteiger partial charge in [0.05, 0.1) is 6.04 Å². The SMILES string of the molecule is O=C(O)C1CCCN1C(c1ccc2ccccc2c1)c1ccccc1Br. The average Bonchev–Trinajstić information content (AvgIpc) is 3.13. The first-order chi connectivity index (χ1) is 12.6. The highest BCUT2D eigenvalue weighted by Gasteiger charge is 2.37. The van der Waals surface area contributed by atoms with E-state index < -0.39 is 12.0 Å². The van der Waals surface area contributed by atoms with E-state index in [0.29, 0.717) is 6.42 Å². The highest BCUT2D eigenvalue weighted by Crippen LogP contribution is 2.38. The van der Waals surface area contributed by atoms with Crippen molar-refractivity contribution in [3.05, 3.63) is 82.3 Å². The Balaban J connectivity index is 1.87. The topological polar surface area (TPSA) is 40.5 Å². The van der Waals surface area contributed by atoms with Crippen molar-refractivity contribution in [1.29, 1.82) is 0 Å². The number of rotatable bonds is 4. The molecule has 1 fully saturated rings. The zero-order valence-corrected chi connectivity index (χ0v) is 15.9. The predicted molar refractivity (Wildman–Crippen MR) is 107 cm³/mol. The number of carbonyl (C=O) groups is 1. The third-order valence-corrected chi connectivity index (χ3v) is 5.92. The summed E-state index contributed by atoms with van der Waals surface area (Å²) in [7, 11) is 0. The van der Waals surface area contributed by atoms with Gasteiger partial charge in [0, 0.05) is 11.0 Å². The third kappa shape index (κ3) is 3.15. The molecule has 0 amide bonds. The number of carboxylic acid groups (broad SMARTS) is 1. The van der Waals surface area contributed by atoms with E-state index in [2.05, 4.69) is 57.2 Å². The summed E-state index contributed by atoms with van der Waals surface area (Å²) >= 11 is 3.67. The summed E-state index contributed by atoms with van der Waals surface area (Å²) < 4.78 is 1.01. The maximum absolute atomic E-state index is 11.8. The zero-order chi connectivity index (χ0) is 18.1. The maximum Gasteiger partial charge on any atom is 0.320 e. The van der Waals surface area contributed by atoms with Gasteiger partial charge in [-0.25, -0.2) is 0 Å². The number of benzene rings is 3. The van der Waals surface area contributed by atoms with Crippen molar-refractivity contribution in [1.82, 2.24) is 4.90 Å². The van der Waals surface area contributed by atoms with Crippen LogP contribution in [0.1, 0.15) is 30.0 Å². The van der Waals surface area contributed by atoms with Crippen molar-refractivity contribution in [2.45, 2.75) is 24.9 Å². The van der Waals surface area contributed by atoms with E-state index in [0.717, 1.165) is 28.6 Å². The second-order valence-electron chi connectivity index (χ2n) is 6.76. The van der Waals surface area contributed by atoms with E-state index in [-0.39, 0.29) is 6.04 Å². The molecule has 2 unspecified atom stereocenters. The summed E-state index contributed by atoms with van der Waals surface area (Å²) in [6.07, 6.45) is 1.61. The minimum Gasteiger partial charge on any atom is -0.480 e. The zero-order valence-electron chi connectivity index (χ0n) is 14.3. The van der Waals surface area contributed by atoms with Crippen molar-refractivity contribution in [3.63, 3.8) is 0 Å².